The molecule has 1 aromatic carbocycles. The van der Waals surface area contributed by atoms with Gasteiger partial charge in [0.05, 0.1) is 12.5 Å². The molecule has 1 atom stereocenters. The molecule has 0 aliphatic carbocycles. The minimum atomic E-state index is -0.298. The zero-order chi connectivity index (χ0) is 14.3. The van der Waals surface area contributed by atoms with Gasteiger partial charge in [0.2, 0.25) is 5.91 Å². The van der Waals surface area contributed by atoms with Crippen molar-refractivity contribution in [3.63, 3.8) is 0 Å². The third kappa shape index (κ3) is 4.87. The monoisotopic (exact) mass is 268 g/mol. The van der Waals surface area contributed by atoms with Crippen molar-refractivity contribution in [1.82, 2.24) is 4.90 Å². The van der Waals surface area contributed by atoms with Crippen LogP contribution in [-0.4, -0.2) is 37.6 Å². The number of nitrogens with two attached hydrogens (primary N) is 1. The summed E-state index contributed by atoms with van der Waals surface area (Å²) in [4.78, 5) is 13.5. The summed E-state index contributed by atoms with van der Waals surface area (Å²) in [6, 6.07) is 5.80. The summed E-state index contributed by atoms with van der Waals surface area (Å²) >= 11 is 0. The summed E-state index contributed by atoms with van der Waals surface area (Å²) in [7, 11) is 1.73. The lowest BCUT2D eigenvalue weighted by atomic mass is 10.1. The summed E-state index contributed by atoms with van der Waals surface area (Å²) in [5.41, 5.74) is 5.54. The normalized spacial score (nSPS) is 12.0. The molecule has 1 rings (SSSR count). The van der Waals surface area contributed by atoms with Crippen LogP contribution in [0, 0.1) is 11.7 Å². The maximum atomic E-state index is 12.7. The van der Waals surface area contributed by atoms with E-state index in [2.05, 4.69) is 0 Å². The van der Waals surface area contributed by atoms with Gasteiger partial charge in [0, 0.05) is 13.6 Å². The predicted molar refractivity (Wildman–Crippen MR) is 72.4 cm³/mol. The molecule has 106 valence electrons. The van der Waals surface area contributed by atoms with Gasteiger partial charge in [0.15, 0.2) is 0 Å². The SMILES string of the molecule is CCC(CN)C(=O)N(C)CCOc1ccc(F)cc1. The largest absolute Gasteiger partial charge is 0.492 e. The van der Waals surface area contributed by atoms with Gasteiger partial charge in [-0.25, -0.2) is 4.39 Å². The molecule has 0 aromatic heterocycles. The molecule has 2 N–H and O–H groups in total. The number of likely N-dealkylation sites (N-methyl/N-ethyl adjacent to an activating group) is 1. The highest BCUT2D eigenvalue weighted by Gasteiger charge is 2.18. The summed E-state index contributed by atoms with van der Waals surface area (Å²) in [5, 5.41) is 0. The molecule has 0 spiro atoms. The van der Waals surface area contributed by atoms with E-state index >= 15 is 0 Å². The third-order valence-corrected chi connectivity index (χ3v) is 3.01. The highest BCUT2D eigenvalue weighted by Crippen LogP contribution is 2.11. The molecule has 4 nitrogen and oxygen atoms in total. The third-order valence-electron chi connectivity index (χ3n) is 3.01. The van der Waals surface area contributed by atoms with E-state index in [0.717, 1.165) is 6.42 Å². The van der Waals surface area contributed by atoms with Crippen molar-refractivity contribution in [3.05, 3.63) is 30.1 Å². The second-order valence-corrected chi connectivity index (χ2v) is 4.40. The summed E-state index contributed by atoms with van der Waals surface area (Å²) in [6.45, 7) is 3.15. The zero-order valence-corrected chi connectivity index (χ0v) is 11.4. The van der Waals surface area contributed by atoms with Gasteiger partial charge in [-0.15, -0.1) is 0 Å². The first-order valence-electron chi connectivity index (χ1n) is 6.41. The summed E-state index contributed by atoms with van der Waals surface area (Å²) < 4.78 is 18.1. The molecule has 0 radical (unpaired) electrons. The van der Waals surface area contributed by atoms with Crippen LogP contribution in [0.2, 0.25) is 0 Å². The Hall–Kier alpha value is -1.62. The molecule has 0 aliphatic rings. The highest BCUT2D eigenvalue weighted by molar-refractivity contribution is 5.78. The maximum absolute atomic E-state index is 12.7. The smallest absolute Gasteiger partial charge is 0.226 e. The Morgan fingerprint density at radius 2 is 2.05 bits per heavy atom. The van der Waals surface area contributed by atoms with E-state index in [4.69, 9.17) is 10.5 Å². The van der Waals surface area contributed by atoms with E-state index in [1.54, 1.807) is 24.1 Å². The van der Waals surface area contributed by atoms with E-state index in [1.165, 1.54) is 12.1 Å². The van der Waals surface area contributed by atoms with Crippen LogP contribution in [0.4, 0.5) is 4.39 Å². The first kappa shape index (κ1) is 15.4. The molecular formula is C14H21FN2O2. The standard InChI is InChI=1S/C14H21FN2O2/c1-3-11(10-16)14(18)17(2)8-9-19-13-6-4-12(15)5-7-13/h4-7,11H,3,8-10,16H2,1-2H3. The van der Waals surface area contributed by atoms with Crippen LogP contribution in [0.3, 0.4) is 0 Å². The van der Waals surface area contributed by atoms with Crippen molar-refractivity contribution in [2.75, 3.05) is 26.7 Å². The van der Waals surface area contributed by atoms with Gasteiger partial charge in [-0.3, -0.25) is 4.79 Å². The molecule has 0 saturated heterocycles. The molecule has 0 saturated carbocycles. The Morgan fingerprint density at radius 1 is 1.42 bits per heavy atom. The van der Waals surface area contributed by atoms with Gasteiger partial charge >= 0.3 is 0 Å². The fourth-order valence-corrected chi connectivity index (χ4v) is 1.70. The van der Waals surface area contributed by atoms with E-state index in [0.29, 0.717) is 25.4 Å². The average molecular weight is 268 g/mol. The van der Waals surface area contributed by atoms with E-state index in [1.807, 2.05) is 6.92 Å². The number of rotatable bonds is 7. The van der Waals surface area contributed by atoms with Crippen LogP contribution in [0.1, 0.15) is 13.3 Å². The molecule has 0 fully saturated rings. The number of amides is 1. The Balaban J connectivity index is 2.36. The van der Waals surface area contributed by atoms with Gasteiger partial charge in [-0.05, 0) is 30.7 Å². The zero-order valence-electron chi connectivity index (χ0n) is 11.4. The molecule has 19 heavy (non-hydrogen) atoms. The quantitative estimate of drug-likeness (QED) is 0.818. The van der Waals surface area contributed by atoms with Gasteiger partial charge in [-0.2, -0.15) is 0 Å². The molecule has 0 aliphatic heterocycles. The molecule has 1 amide bonds. The van der Waals surface area contributed by atoms with E-state index in [-0.39, 0.29) is 17.6 Å². The lowest BCUT2D eigenvalue weighted by Gasteiger charge is -2.22. The molecule has 0 bridgehead atoms. The Kier molecular flexibility index (Phi) is 6.29. The second-order valence-electron chi connectivity index (χ2n) is 4.40. The predicted octanol–water partition coefficient (Wildman–Crippen LogP) is 1.65. The fourth-order valence-electron chi connectivity index (χ4n) is 1.70. The topological polar surface area (TPSA) is 55.6 Å². The number of hydrogen-bond donors (Lipinski definition) is 1. The fraction of sp³-hybridized carbons (Fsp3) is 0.500. The Morgan fingerprint density at radius 3 is 2.58 bits per heavy atom. The van der Waals surface area contributed by atoms with Crippen molar-refractivity contribution in [2.45, 2.75) is 13.3 Å². The highest BCUT2D eigenvalue weighted by atomic mass is 19.1. The van der Waals surface area contributed by atoms with Crippen LogP contribution < -0.4 is 10.5 Å². The molecule has 1 unspecified atom stereocenters. The van der Waals surface area contributed by atoms with Crippen LogP contribution >= 0.6 is 0 Å². The minimum absolute atomic E-state index is 0.0349. The van der Waals surface area contributed by atoms with Crippen molar-refractivity contribution < 1.29 is 13.9 Å². The lowest BCUT2D eigenvalue weighted by Crippen LogP contribution is -2.38. The number of carbonyl (C=O) groups excluding carboxylic acids is 1. The number of ether oxygens (including phenoxy) is 1. The molecular weight excluding hydrogens is 247 g/mol. The summed E-state index contributed by atoms with van der Waals surface area (Å²) in [6.07, 6.45) is 0.735. The number of hydrogen-bond acceptors (Lipinski definition) is 3. The van der Waals surface area contributed by atoms with E-state index in [9.17, 15) is 9.18 Å². The van der Waals surface area contributed by atoms with Gasteiger partial charge in [-0.1, -0.05) is 6.92 Å². The van der Waals surface area contributed by atoms with Crippen molar-refractivity contribution >= 4 is 5.91 Å². The van der Waals surface area contributed by atoms with E-state index < -0.39 is 0 Å². The number of benzene rings is 1. The lowest BCUT2D eigenvalue weighted by molar-refractivity contribution is -0.134. The number of nitrogens with zero attached hydrogens (tertiary/aromatic N) is 1. The van der Waals surface area contributed by atoms with Crippen LogP contribution in [0.15, 0.2) is 24.3 Å². The van der Waals surface area contributed by atoms with Gasteiger partial charge in [0.1, 0.15) is 18.2 Å². The molecule has 0 heterocycles. The number of carbonyl (C=O) groups is 1. The molecule has 5 heteroatoms. The first-order chi connectivity index (χ1) is 9.08. The van der Waals surface area contributed by atoms with Crippen molar-refractivity contribution in [3.8, 4) is 5.75 Å². The van der Waals surface area contributed by atoms with Crippen molar-refractivity contribution in [1.29, 1.82) is 0 Å². The van der Waals surface area contributed by atoms with Crippen LogP contribution in [0.25, 0.3) is 0 Å². The number of halogens is 1. The summed E-state index contributed by atoms with van der Waals surface area (Å²) in [5.74, 6) is 0.199. The Labute approximate surface area is 113 Å². The Bertz CT molecular complexity index is 391. The minimum Gasteiger partial charge on any atom is -0.492 e. The first-order valence-corrected chi connectivity index (χ1v) is 6.41. The van der Waals surface area contributed by atoms with Gasteiger partial charge < -0.3 is 15.4 Å². The second kappa shape index (κ2) is 7.74. The van der Waals surface area contributed by atoms with Crippen LogP contribution in [0.5, 0.6) is 5.75 Å². The molecule has 1 aromatic rings. The van der Waals surface area contributed by atoms with Crippen molar-refractivity contribution in [2.24, 2.45) is 11.7 Å². The maximum Gasteiger partial charge on any atom is 0.226 e. The average Bonchev–Trinajstić information content (AvgIpc) is 2.42. The van der Waals surface area contributed by atoms with Gasteiger partial charge in [0.25, 0.3) is 0 Å². The van der Waals surface area contributed by atoms with Crippen LogP contribution in [-0.2, 0) is 4.79 Å².